The van der Waals surface area contributed by atoms with Crippen molar-refractivity contribution in [3.63, 3.8) is 0 Å². The number of amides is 1. The van der Waals surface area contributed by atoms with Crippen molar-refractivity contribution in [2.75, 3.05) is 45.7 Å². The van der Waals surface area contributed by atoms with Gasteiger partial charge >= 0.3 is 5.97 Å². The molecule has 2 heterocycles. The Kier molecular flexibility index (Phi) is 5.43. The number of carbonyl (C=O) groups excluding carboxylic acids is 2. The summed E-state index contributed by atoms with van der Waals surface area (Å²) in [7, 11) is 3.38. The molecule has 26 heavy (non-hydrogen) atoms. The molecule has 1 N–H and O–H groups in total. The van der Waals surface area contributed by atoms with Crippen LogP contribution in [0.3, 0.4) is 0 Å². The van der Waals surface area contributed by atoms with Crippen LogP contribution in [-0.2, 0) is 4.74 Å². The van der Waals surface area contributed by atoms with Gasteiger partial charge in [0.2, 0.25) is 0 Å². The molecule has 1 aliphatic heterocycles. The molecule has 0 unspecified atom stereocenters. The predicted molar refractivity (Wildman–Crippen MR) is 96.5 cm³/mol. The van der Waals surface area contributed by atoms with Crippen molar-refractivity contribution >= 4 is 23.4 Å². The Bertz CT molecular complexity index is 768. The topological polar surface area (TPSA) is 87.7 Å². The third-order valence-electron chi connectivity index (χ3n) is 4.24. The lowest BCUT2D eigenvalue weighted by Crippen LogP contribution is -2.47. The summed E-state index contributed by atoms with van der Waals surface area (Å²) >= 11 is 0. The second-order valence-electron chi connectivity index (χ2n) is 6.08. The molecule has 0 radical (unpaired) electrons. The van der Waals surface area contributed by atoms with Crippen molar-refractivity contribution in [3.05, 3.63) is 47.9 Å². The summed E-state index contributed by atoms with van der Waals surface area (Å²) in [5.41, 5.74) is 1.56. The monoisotopic (exact) mass is 355 g/mol. The maximum Gasteiger partial charge on any atom is 0.337 e. The predicted octanol–water partition coefficient (Wildman–Crippen LogP) is 1.39. The van der Waals surface area contributed by atoms with E-state index < -0.39 is 0 Å². The number of piperazine rings is 1. The number of esters is 1. The van der Waals surface area contributed by atoms with Gasteiger partial charge in [0, 0.05) is 31.9 Å². The minimum atomic E-state index is -0.386. The maximum atomic E-state index is 12.4. The van der Waals surface area contributed by atoms with E-state index in [0.717, 1.165) is 18.8 Å². The molecule has 1 aliphatic rings. The molecular weight excluding hydrogens is 334 g/mol. The first-order valence-corrected chi connectivity index (χ1v) is 8.32. The van der Waals surface area contributed by atoms with Crippen LogP contribution in [0.15, 0.2) is 36.7 Å². The summed E-state index contributed by atoms with van der Waals surface area (Å²) in [5, 5.41) is 3.08. The van der Waals surface area contributed by atoms with E-state index in [0.29, 0.717) is 30.2 Å². The van der Waals surface area contributed by atoms with Crippen LogP contribution in [0, 0.1) is 0 Å². The van der Waals surface area contributed by atoms with Crippen molar-refractivity contribution < 1.29 is 14.3 Å². The number of hydrogen-bond donors (Lipinski definition) is 1. The molecule has 1 saturated heterocycles. The number of methoxy groups -OCH3 is 1. The van der Waals surface area contributed by atoms with Crippen molar-refractivity contribution in [2.24, 2.45) is 0 Å². The summed E-state index contributed by atoms with van der Waals surface area (Å²) in [5.74, 6) is 0.0356. The lowest BCUT2D eigenvalue weighted by atomic mass is 10.2. The first kappa shape index (κ1) is 17.8. The van der Waals surface area contributed by atoms with Crippen molar-refractivity contribution in [1.29, 1.82) is 0 Å². The second-order valence-corrected chi connectivity index (χ2v) is 6.08. The second kappa shape index (κ2) is 7.92. The molecule has 1 fully saturated rings. The minimum Gasteiger partial charge on any atom is -0.465 e. The van der Waals surface area contributed by atoms with Crippen LogP contribution in [0.25, 0.3) is 0 Å². The average molecular weight is 355 g/mol. The van der Waals surface area contributed by atoms with E-state index in [1.165, 1.54) is 19.5 Å². The zero-order chi connectivity index (χ0) is 18.5. The summed E-state index contributed by atoms with van der Waals surface area (Å²) in [6, 6.07) is 6.81. The highest BCUT2D eigenvalue weighted by Crippen LogP contribution is 2.15. The number of rotatable bonds is 4. The fourth-order valence-electron chi connectivity index (χ4n) is 2.63. The fraction of sp³-hybridized carbons (Fsp3) is 0.333. The van der Waals surface area contributed by atoms with Gasteiger partial charge < -0.3 is 19.9 Å². The molecule has 2 aromatic rings. The Labute approximate surface area is 151 Å². The molecule has 0 bridgehead atoms. The highest BCUT2D eigenvalue weighted by Gasteiger charge is 2.21. The van der Waals surface area contributed by atoms with Crippen LogP contribution in [0.4, 0.5) is 11.5 Å². The van der Waals surface area contributed by atoms with E-state index >= 15 is 0 Å². The third-order valence-corrected chi connectivity index (χ3v) is 4.24. The molecule has 8 nitrogen and oxygen atoms in total. The van der Waals surface area contributed by atoms with Crippen LogP contribution in [0.5, 0.6) is 0 Å². The van der Waals surface area contributed by atoms with E-state index in [9.17, 15) is 9.59 Å². The van der Waals surface area contributed by atoms with Crippen molar-refractivity contribution in [3.8, 4) is 0 Å². The number of likely N-dealkylation sites (N-methyl/N-ethyl adjacent to an activating group) is 1. The fourth-order valence-corrected chi connectivity index (χ4v) is 2.63. The molecule has 136 valence electrons. The molecule has 0 saturated carbocycles. The maximum absolute atomic E-state index is 12.4. The minimum absolute atomic E-state index is 0.0976. The van der Waals surface area contributed by atoms with Gasteiger partial charge in [-0.1, -0.05) is 0 Å². The summed E-state index contributed by atoms with van der Waals surface area (Å²) < 4.78 is 4.67. The molecule has 0 atom stereocenters. The molecule has 3 rings (SSSR count). The number of nitrogens with zero attached hydrogens (tertiary/aromatic N) is 4. The SMILES string of the molecule is COC(=O)c1ccc(Nc2cnc(C(=O)N3CCN(C)CC3)cn2)cc1. The van der Waals surface area contributed by atoms with Crippen LogP contribution < -0.4 is 5.32 Å². The zero-order valence-corrected chi connectivity index (χ0v) is 14.8. The first-order valence-electron chi connectivity index (χ1n) is 8.32. The van der Waals surface area contributed by atoms with Crippen molar-refractivity contribution in [1.82, 2.24) is 19.8 Å². The Morgan fingerprint density at radius 2 is 1.73 bits per heavy atom. The summed E-state index contributed by atoms with van der Waals surface area (Å²) in [4.78, 5) is 36.3. The Morgan fingerprint density at radius 3 is 2.31 bits per heavy atom. The number of anilines is 2. The number of carbonyl (C=O) groups is 2. The van der Waals surface area contributed by atoms with E-state index in [-0.39, 0.29) is 11.9 Å². The molecule has 0 aliphatic carbocycles. The Morgan fingerprint density at radius 1 is 1.04 bits per heavy atom. The highest BCUT2D eigenvalue weighted by molar-refractivity contribution is 5.92. The third kappa shape index (κ3) is 4.15. The van der Waals surface area contributed by atoms with E-state index in [1.807, 2.05) is 7.05 Å². The number of benzene rings is 1. The molecular formula is C18H21N5O3. The van der Waals surface area contributed by atoms with Gasteiger partial charge in [-0.05, 0) is 31.3 Å². The average Bonchev–Trinajstić information content (AvgIpc) is 2.68. The van der Waals surface area contributed by atoms with Crippen LogP contribution in [-0.4, -0.2) is 72.0 Å². The summed E-state index contributed by atoms with van der Waals surface area (Å²) in [6.07, 6.45) is 3.00. The Hall–Kier alpha value is -3.00. The smallest absolute Gasteiger partial charge is 0.337 e. The first-order chi connectivity index (χ1) is 12.6. The van der Waals surface area contributed by atoms with Gasteiger partial charge in [0.15, 0.2) is 0 Å². The van der Waals surface area contributed by atoms with Crippen LogP contribution in [0.2, 0.25) is 0 Å². The van der Waals surface area contributed by atoms with Gasteiger partial charge in [-0.25, -0.2) is 14.8 Å². The van der Waals surface area contributed by atoms with Crippen LogP contribution >= 0.6 is 0 Å². The molecule has 1 aromatic heterocycles. The zero-order valence-electron chi connectivity index (χ0n) is 14.8. The van der Waals surface area contributed by atoms with Gasteiger partial charge in [-0.15, -0.1) is 0 Å². The number of hydrogen-bond acceptors (Lipinski definition) is 7. The quantitative estimate of drug-likeness (QED) is 0.829. The lowest BCUT2D eigenvalue weighted by molar-refractivity contribution is 0.0599. The van der Waals surface area contributed by atoms with Gasteiger partial charge in [0.05, 0.1) is 25.1 Å². The standard InChI is InChI=1S/C18H21N5O3/c1-22-7-9-23(10-8-22)17(24)15-11-20-16(12-19-15)21-14-5-3-13(4-6-14)18(25)26-2/h3-6,11-12H,7-10H2,1-2H3,(H,20,21). The molecule has 1 aromatic carbocycles. The molecule has 0 spiro atoms. The van der Waals surface area contributed by atoms with Gasteiger partial charge in [0.1, 0.15) is 11.5 Å². The summed E-state index contributed by atoms with van der Waals surface area (Å²) in [6.45, 7) is 3.12. The number of ether oxygens (including phenoxy) is 1. The molecule has 1 amide bonds. The molecule has 8 heteroatoms. The van der Waals surface area contributed by atoms with Gasteiger partial charge in [-0.3, -0.25) is 4.79 Å². The lowest BCUT2D eigenvalue weighted by Gasteiger charge is -2.32. The van der Waals surface area contributed by atoms with E-state index in [4.69, 9.17) is 0 Å². The number of aromatic nitrogens is 2. The van der Waals surface area contributed by atoms with Crippen molar-refractivity contribution in [2.45, 2.75) is 0 Å². The van der Waals surface area contributed by atoms with Gasteiger partial charge in [-0.2, -0.15) is 0 Å². The Balaban J connectivity index is 1.62. The van der Waals surface area contributed by atoms with E-state index in [1.54, 1.807) is 29.2 Å². The van der Waals surface area contributed by atoms with Crippen LogP contribution in [0.1, 0.15) is 20.8 Å². The van der Waals surface area contributed by atoms with Gasteiger partial charge in [0.25, 0.3) is 5.91 Å². The number of nitrogens with one attached hydrogen (secondary N) is 1. The largest absolute Gasteiger partial charge is 0.465 e. The normalized spacial score (nSPS) is 14.8. The van der Waals surface area contributed by atoms with E-state index in [2.05, 4.69) is 24.9 Å². The highest BCUT2D eigenvalue weighted by atomic mass is 16.5.